The predicted octanol–water partition coefficient (Wildman–Crippen LogP) is -2.06. The molecule has 6 N–H and O–H groups in total. The molecule has 0 saturated carbocycles. The minimum Gasteiger partial charge on any atom is -0.394 e. The summed E-state index contributed by atoms with van der Waals surface area (Å²) in [4.78, 5) is 25.7. The molecule has 0 spiro atoms. The van der Waals surface area contributed by atoms with Crippen LogP contribution in [0.2, 0.25) is 0 Å². The molecule has 0 aliphatic rings. The first kappa shape index (κ1) is 19.1. The van der Waals surface area contributed by atoms with Gasteiger partial charge in [0.05, 0.1) is 26.4 Å². The van der Waals surface area contributed by atoms with Crippen LogP contribution in [0.1, 0.15) is 0 Å². The van der Waals surface area contributed by atoms with Gasteiger partial charge in [-0.3, -0.25) is 13.6 Å². The third-order valence-corrected chi connectivity index (χ3v) is 2.94. The van der Waals surface area contributed by atoms with Gasteiger partial charge in [-0.15, -0.1) is 0 Å². The third kappa shape index (κ3) is 11.6. The van der Waals surface area contributed by atoms with Crippen LogP contribution in [0.3, 0.4) is 0 Å². The van der Waals surface area contributed by atoms with E-state index in [1.54, 1.807) is 0 Å². The zero-order valence-electron chi connectivity index (χ0n) is 9.60. The molecule has 0 radical (unpaired) electrons. The van der Waals surface area contributed by atoms with E-state index in [0.29, 0.717) is 0 Å². The summed E-state index contributed by atoms with van der Waals surface area (Å²) in [6, 6.07) is 0. The SMILES string of the molecule is O=P(O)(O)OC[C@@H](O)COP(=O)(O)OC[C@@H](O)CO. The summed E-state index contributed by atoms with van der Waals surface area (Å²) < 4.78 is 33.9. The molecule has 3 atom stereocenters. The lowest BCUT2D eigenvalue weighted by Crippen LogP contribution is -2.22. The standard InChI is InChI=1S/C6H16O11P2/c7-1-5(8)2-16-19(13,14)17-4-6(9)3-15-18(10,11)12/h5-9H,1-4H2,(H,13,14)(H2,10,11,12)/t5-,6+/m0/s1. The minimum absolute atomic E-state index is 0.667. The summed E-state index contributed by atoms with van der Waals surface area (Å²) >= 11 is 0. The number of rotatable bonds is 10. The first-order valence-corrected chi connectivity index (χ1v) is 7.87. The number of aliphatic hydroxyl groups is 3. The number of hydrogen-bond acceptors (Lipinski definition) is 8. The zero-order chi connectivity index (χ0) is 15.1. The first-order chi connectivity index (χ1) is 8.56. The summed E-state index contributed by atoms with van der Waals surface area (Å²) in [6.45, 7) is -2.95. The van der Waals surface area contributed by atoms with E-state index in [1.165, 1.54) is 0 Å². The second kappa shape index (κ2) is 8.40. The highest BCUT2D eigenvalue weighted by atomic mass is 31.2. The number of phosphoric ester groups is 2. The molecule has 0 heterocycles. The molecule has 0 aromatic rings. The Balaban J connectivity index is 3.96. The molecule has 0 fully saturated rings. The summed E-state index contributed by atoms with van der Waals surface area (Å²) in [7, 11) is -9.31. The predicted molar refractivity (Wildman–Crippen MR) is 58.8 cm³/mol. The van der Waals surface area contributed by atoms with Crippen LogP contribution < -0.4 is 0 Å². The number of aliphatic hydroxyl groups excluding tert-OH is 3. The number of phosphoric acid groups is 2. The third-order valence-electron chi connectivity index (χ3n) is 1.51. The second-order valence-electron chi connectivity index (χ2n) is 3.34. The van der Waals surface area contributed by atoms with E-state index >= 15 is 0 Å². The first-order valence-electron chi connectivity index (χ1n) is 4.84. The molecule has 0 amide bonds. The Bertz CT molecular complexity index is 340. The lowest BCUT2D eigenvalue weighted by atomic mass is 10.4. The minimum atomic E-state index is -4.75. The van der Waals surface area contributed by atoms with Gasteiger partial charge in [0.15, 0.2) is 0 Å². The highest BCUT2D eigenvalue weighted by Crippen LogP contribution is 2.43. The molecule has 0 aromatic heterocycles. The molecule has 116 valence electrons. The van der Waals surface area contributed by atoms with Crippen LogP contribution in [-0.4, -0.2) is 68.6 Å². The van der Waals surface area contributed by atoms with E-state index in [0.717, 1.165) is 0 Å². The van der Waals surface area contributed by atoms with E-state index in [1.807, 2.05) is 0 Å². The largest absolute Gasteiger partial charge is 0.472 e. The van der Waals surface area contributed by atoms with Crippen molar-refractivity contribution in [2.24, 2.45) is 0 Å². The van der Waals surface area contributed by atoms with Gasteiger partial charge in [0.2, 0.25) is 0 Å². The molecule has 11 nitrogen and oxygen atoms in total. The van der Waals surface area contributed by atoms with Crippen LogP contribution in [0.15, 0.2) is 0 Å². The van der Waals surface area contributed by atoms with Crippen LogP contribution in [-0.2, 0) is 22.7 Å². The van der Waals surface area contributed by atoms with Crippen LogP contribution in [0, 0.1) is 0 Å². The van der Waals surface area contributed by atoms with Crippen LogP contribution in [0.4, 0.5) is 0 Å². The maximum atomic E-state index is 11.2. The van der Waals surface area contributed by atoms with Gasteiger partial charge in [-0.05, 0) is 0 Å². The van der Waals surface area contributed by atoms with Gasteiger partial charge in [-0.2, -0.15) is 0 Å². The fourth-order valence-electron chi connectivity index (χ4n) is 0.682. The topological polar surface area (TPSA) is 183 Å². The Hall–Kier alpha value is 0.1000. The molecule has 0 aromatic carbocycles. The normalized spacial score (nSPS) is 18.8. The molecular weight excluding hydrogens is 310 g/mol. The van der Waals surface area contributed by atoms with Crippen LogP contribution in [0.5, 0.6) is 0 Å². The Labute approximate surface area is 108 Å². The molecule has 0 aliphatic heterocycles. The van der Waals surface area contributed by atoms with E-state index < -0.39 is 54.3 Å². The van der Waals surface area contributed by atoms with E-state index in [4.69, 9.17) is 30.0 Å². The molecular formula is C6H16O11P2. The second-order valence-corrected chi connectivity index (χ2v) is 6.03. The van der Waals surface area contributed by atoms with Gasteiger partial charge in [0.1, 0.15) is 12.2 Å². The highest BCUT2D eigenvalue weighted by molar-refractivity contribution is 7.47. The fourth-order valence-corrected chi connectivity index (χ4v) is 1.84. The molecule has 0 bridgehead atoms. The van der Waals surface area contributed by atoms with E-state index in [9.17, 15) is 9.13 Å². The van der Waals surface area contributed by atoms with Gasteiger partial charge in [0.25, 0.3) is 0 Å². The Morgan fingerprint density at radius 3 is 1.68 bits per heavy atom. The van der Waals surface area contributed by atoms with Crippen molar-refractivity contribution < 1.29 is 52.7 Å². The summed E-state index contributed by atoms with van der Waals surface area (Å²) in [5.41, 5.74) is 0. The quantitative estimate of drug-likeness (QED) is 0.243. The highest BCUT2D eigenvalue weighted by Gasteiger charge is 2.25. The molecule has 19 heavy (non-hydrogen) atoms. The maximum Gasteiger partial charge on any atom is 0.472 e. The monoisotopic (exact) mass is 326 g/mol. The zero-order valence-corrected chi connectivity index (χ0v) is 11.4. The Morgan fingerprint density at radius 1 is 0.842 bits per heavy atom. The van der Waals surface area contributed by atoms with Gasteiger partial charge in [-0.25, -0.2) is 9.13 Å². The van der Waals surface area contributed by atoms with Crippen molar-refractivity contribution in [3.8, 4) is 0 Å². The van der Waals surface area contributed by atoms with E-state index in [2.05, 4.69) is 13.6 Å². The maximum absolute atomic E-state index is 11.2. The number of hydrogen-bond donors (Lipinski definition) is 6. The van der Waals surface area contributed by atoms with Gasteiger partial charge >= 0.3 is 15.6 Å². The van der Waals surface area contributed by atoms with Crippen molar-refractivity contribution in [3.63, 3.8) is 0 Å². The Morgan fingerprint density at radius 2 is 1.26 bits per heavy atom. The average Bonchev–Trinajstić information content (AvgIpc) is 2.30. The van der Waals surface area contributed by atoms with Crippen LogP contribution >= 0.6 is 15.6 Å². The summed E-state index contributed by atoms with van der Waals surface area (Å²) in [6.07, 6.45) is -2.94. The van der Waals surface area contributed by atoms with Crippen molar-refractivity contribution in [1.29, 1.82) is 0 Å². The lowest BCUT2D eigenvalue weighted by Gasteiger charge is -2.16. The van der Waals surface area contributed by atoms with Crippen molar-refractivity contribution >= 4 is 15.6 Å². The van der Waals surface area contributed by atoms with Crippen molar-refractivity contribution in [3.05, 3.63) is 0 Å². The molecule has 1 unspecified atom stereocenters. The van der Waals surface area contributed by atoms with Gasteiger partial charge in [-0.1, -0.05) is 0 Å². The summed E-state index contributed by atoms with van der Waals surface area (Å²) in [5.74, 6) is 0. The lowest BCUT2D eigenvalue weighted by molar-refractivity contribution is 0.0157. The molecule has 0 aliphatic carbocycles. The fraction of sp³-hybridized carbons (Fsp3) is 1.00. The molecule has 0 rings (SSSR count). The average molecular weight is 326 g/mol. The van der Waals surface area contributed by atoms with Gasteiger partial charge < -0.3 is 30.0 Å². The van der Waals surface area contributed by atoms with Crippen LogP contribution in [0.25, 0.3) is 0 Å². The molecule has 0 saturated heterocycles. The van der Waals surface area contributed by atoms with Crippen molar-refractivity contribution in [1.82, 2.24) is 0 Å². The Kier molecular flexibility index (Phi) is 8.45. The molecule has 13 heteroatoms. The summed E-state index contributed by atoms with van der Waals surface area (Å²) in [5, 5.41) is 26.4. The van der Waals surface area contributed by atoms with E-state index in [-0.39, 0.29) is 0 Å². The van der Waals surface area contributed by atoms with Crippen molar-refractivity contribution in [2.45, 2.75) is 12.2 Å². The van der Waals surface area contributed by atoms with Gasteiger partial charge in [0, 0.05) is 0 Å². The smallest absolute Gasteiger partial charge is 0.394 e. The van der Waals surface area contributed by atoms with Crippen molar-refractivity contribution in [2.75, 3.05) is 26.4 Å².